The lowest BCUT2D eigenvalue weighted by Crippen LogP contribution is -2.13. The van der Waals surface area contributed by atoms with Crippen molar-refractivity contribution in [2.75, 3.05) is 10.0 Å². The number of aryl methyl sites for hydroxylation is 1. The third-order valence-corrected chi connectivity index (χ3v) is 5.32. The van der Waals surface area contributed by atoms with Crippen molar-refractivity contribution in [2.45, 2.75) is 18.2 Å². The fraction of sp³-hybridized carbons (Fsp3) is 0.100. The van der Waals surface area contributed by atoms with Crippen molar-refractivity contribution in [3.05, 3.63) is 78.0 Å². The Kier molecular flexibility index (Phi) is 5.38. The zero-order valence-electron chi connectivity index (χ0n) is 14.7. The Morgan fingerprint density at radius 1 is 1.04 bits per heavy atom. The highest BCUT2D eigenvalue weighted by molar-refractivity contribution is 7.92. The summed E-state index contributed by atoms with van der Waals surface area (Å²) >= 11 is 0. The van der Waals surface area contributed by atoms with Crippen LogP contribution in [0.5, 0.6) is 0 Å². The first-order chi connectivity index (χ1) is 13.0. The summed E-state index contributed by atoms with van der Waals surface area (Å²) in [7, 11) is -3.67. The highest BCUT2D eigenvalue weighted by Gasteiger charge is 2.14. The summed E-state index contributed by atoms with van der Waals surface area (Å²) < 4.78 is 27.4. The molecule has 7 heteroatoms. The number of nitrogens with one attached hydrogen (secondary N) is 2. The second-order valence-electron chi connectivity index (χ2n) is 5.85. The average molecular weight is 378 g/mol. The molecule has 0 radical (unpaired) electrons. The molecule has 0 bridgehead atoms. The van der Waals surface area contributed by atoms with E-state index < -0.39 is 10.0 Å². The van der Waals surface area contributed by atoms with E-state index in [2.05, 4.69) is 21.1 Å². The number of pyridine rings is 1. The highest BCUT2D eigenvalue weighted by Crippen LogP contribution is 2.20. The fourth-order valence-corrected chi connectivity index (χ4v) is 3.50. The molecular formula is C20H18N4O2S. The smallest absolute Gasteiger partial charge is 0.261 e. The van der Waals surface area contributed by atoms with Gasteiger partial charge in [0.2, 0.25) is 0 Å². The van der Waals surface area contributed by atoms with Gasteiger partial charge in [0.15, 0.2) is 0 Å². The van der Waals surface area contributed by atoms with E-state index in [9.17, 15) is 8.42 Å². The monoisotopic (exact) mass is 378 g/mol. The molecule has 0 aliphatic rings. The minimum Gasteiger partial charge on any atom is -0.340 e. The molecule has 6 nitrogen and oxygen atoms in total. The molecule has 0 aliphatic carbocycles. The van der Waals surface area contributed by atoms with E-state index in [4.69, 9.17) is 5.26 Å². The third-order valence-electron chi connectivity index (χ3n) is 3.92. The predicted molar refractivity (Wildman–Crippen MR) is 105 cm³/mol. The summed E-state index contributed by atoms with van der Waals surface area (Å²) in [5.74, 6) is 0.542. The maximum atomic E-state index is 12.5. The van der Waals surface area contributed by atoms with Crippen LogP contribution in [-0.4, -0.2) is 13.4 Å². The number of rotatable bonds is 6. The van der Waals surface area contributed by atoms with Gasteiger partial charge < -0.3 is 5.32 Å². The number of sulfonamides is 1. The molecule has 3 rings (SSSR count). The molecule has 0 amide bonds. The summed E-state index contributed by atoms with van der Waals surface area (Å²) in [6.07, 6.45) is 2.29. The average Bonchev–Trinajstić information content (AvgIpc) is 2.69. The first kappa shape index (κ1) is 18.4. The predicted octanol–water partition coefficient (Wildman–Crippen LogP) is 4.06. The van der Waals surface area contributed by atoms with Gasteiger partial charge in [-0.1, -0.05) is 25.1 Å². The standard InChI is InChI=1S/C20H18N4O2S/c1-2-15-6-9-19(10-7-15)27(25,26)24-18-8-11-20(22-14-18)23-17-5-3-4-16(12-17)13-21/h3-12,14,24H,2H2,1H3,(H,22,23). The van der Waals surface area contributed by atoms with E-state index in [1.807, 2.05) is 13.0 Å². The number of hydrogen-bond acceptors (Lipinski definition) is 5. The van der Waals surface area contributed by atoms with Crippen LogP contribution in [0.15, 0.2) is 71.8 Å². The Morgan fingerprint density at radius 3 is 2.44 bits per heavy atom. The van der Waals surface area contributed by atoms with E-state index >= 15 is 0 Å². The van der Waals surface area contributed by atoms with Crippen LogP contribution in [0.2, 0.25) is 0 Å². The van der Waals surface area contributed by atoms with Crippen LogP contribution < -0.4 is 10.0 Å². The van der Waals surface area contributed by atoms with Crippen LogP contribution in [0.1, 0.15) is 18.1 Å². The van der Waals surface area contributed by atoms with Gasteiger partial charge >= 0.3 is 0 Å². The number of nitrogens with zero attached hydrogens (tertiary/aromatic N) is 2. The molecule has 0 aliphatic heterocycles. The second-order valence-corrected chi connectivity index (χ2v) is 7.54. The van der Waals surface area contributed by atoms with Crippen molar-refractivity contribution in [1.82, 2.24) is 4.98 Å². The van der Waals surface area contributed by atoms with E-state index in [0.29, 0.717) is 17.1 Å². The number of hydrogen-bond donors (Lipinski definition) is 2. The first-order valence-electron chi connectivity index (χ1n) is 8.35. The Balaban J connectivity index is 1.72. The molecule has 27 heavy (non-hydrogen) atoms. The molecular weight excluding hydrogens is 360 g/mol. The number of anilines is 3. The molecule has 0 saturated carbocycles. The number of aromatic nitrogens is 1. The lowest BCUT2D eigenvalue weighted by Gasteiger charge is -2.10. The number of benzene rings is 2. The Hall–Kier alpha value is -3.37. The van der Waals surface area contributed by atoms with Crippen LogP contribution in [0.4, 0.5) is 17.2 Å². The van der Waals surface area contributed by atoms with Gasteiger partial charge in [-0.05, 0) is 54.4 Å². The zero-order valence-corrected chi connectivity index (χ0v) is 15.5. The normalized spacial score (nSPS) is 10.8. The van der Waals surface area contributed by atoms with Crippen molar-refractivity contribution in [3.8, 4) is 6.07 Å². The third kappa shape index (κ3) is 4.63. The van der Waals surface area contributed by atoms with Crippen molar-refractivity contribution >= 4 is 27.2 Å². The molecule has 0 atom stereocenters. The van der Waals surface area contributed by atoms with Gasteiger partial charge in [0.05, 0.1) is 28.4 Å². The molecule has 0 fully saturated rings. The SMILES string of the molecule is CCc1ccc(S(=O)(=O)Nc2ccc(Nc3cccc(C#N)c3)nc2)cc1. The second kappa shape index (κ2) is 7.89. The van der Waals surface area contributed by atoms with Crippen molar-refractivity contribution < 1.29 is 8.42 Å². The largest absolute Gasteiger partial charge is 0.340 e. The van der Waals surface area contributed by atoms with Crippen LogP contribution in [-0.2, 0) is 16.4 Å². The molecule has 0 saturated heterocycles. The van der Waals surface area contributed by atoms with E-state index in [0.717, 1.165) is 17.7 Å². The summed E-state index contributed by atoms with van der Waals surface area (Å²) in [5, 5.41) is 12.0. The van der Waals surface area contributed by atoms with Crippen molar-refractivity contribution in [1.29, 1.82) is 5.26 Å². The minimum atomic E-state index is -3.67. The Labute approximate surface area is 158 Å². The van der Waals surface area contributed by atoms with Crippen LogP contribution in [0.25, 0.3) is 0 Å². The first-order valence-corrected chi connectivity index (χ1v) is 9.83. The highest BCUT2D eigenvalue weighted by atomic mass is 32.2. The van der Waals surface area contributed by atoms with Gasteiger partial charge in [0.1, 0.15) is 5.82 Å². The lowest BCUT2D eigenvalue weighted by atomic mass is 10.2. The van der Waals surface area contributed by atoms with Gasteiger partial charge in [-0.2, -0.15) is 5.26 Å². The maximum Gasteiger partial charge on any atom is 0.261 e. The molecule has 136 valence electrons. The molecule has 2 aromatic carbocycles. The zero-order chi connectivity index (χ0) is 19.3. The maximum absolute atomic E-state index is 12.5. The van der Waals surface area contributed by atoms with Gasteiger partial charge in [-0.25, -0.2) is 13.4 Å². The topological polar surface area (TPSA) is 94.9 Å². The summed E-state index contributed by atoms with van der Waals surface area (Å²) in [5.41, 5.74) is 2.71. The minimum absolute atomic E-state index is 0.204. The quantitative estimate of drug-likeness (QED) is 0.674. The van der Waals surface area contributed by atoms with Gasteiger partial charge in [0, 0.05) is 5.69 Å². The molecule has 1 heterocycles. The lowest BCUT2D eigenvalue weighted by molar-refractivity contribution is 0.601. The van der Waals surface area contributed by atoms with Crippen LogP contribution in [0.3, 0.4) is 0 Å². The van der Waals surface area contributed by atoms with E-state index in [-0.39, 0.29) is 4.90 Å². The Bertz CT molecular complexity index is 1070. The summed E-state index contributed by atoms with van der Waals surface area (Å²) in [6.45, 7) is 2.01. The van der Waals surface area contributed by atoms with Crippen LogP contribution in [0, 0.1) is 11.3 Å². The van der Waals surface area contributed by atoms with Crippen LogP contribution >= 0.6 is 0 Å². The molecule has 1 aromatic heterocycles. The van der Waals surface area contributed by atoms with Crippen molar-refractivity contribution in [3.63, 3.8) is 0 Å². The van der Waals surface area contributed by atoms with Gasteiger partial charge in [0.25, 0.3) is 10.0 Å². The number of nitriles is 1. The fourth-order valence-electron chi connectivity index (χ4n) is 2.46. The molecule has 2 N–H and O–H groups in total. The van der Waals surface area contributed by atoms with Gasteiger partial charge in [-0.3, -0.25) is 4.72 Å². The molecule has 0 unspecified atom stereocenters. The Morgan fingerprint density at radius 2 is 1.81 bits per heavy atom. The summed E-state index contributed by atoms with van der Waals surface area (Å²) in [4.78, 5) is 4.42. The van der Waals surface area contributed by atoms with E-state index in [1.54, 1.807) is 54.6 Å². The molecule has 3 aromatic rings. The van der Waals surface area contributed by atoms with Crippen molar-refractivity contribution in [2.24, 2.45) is 0 Å². The van der Waals surface area contributed by atoms with Gasteiger partial charge in [-0.15, -0.1) is 0 Å². The molecule has 0 spiro atoms. The van der Waals surface area contributed by atoms with E-state index in [1.165, 1.54) is 6.20 Å². The summed E-state index contributed by atoms with van der Waals surface area (Å²) in [6, 6.07) is 19.2.